The molecule has 1 rings (SSSR count). The second-order valence-electron chi connectivity index (χ2n) is 8.31. The average Bonchev–Trinajstić information content (AvgIpc) is 2.49. The van der Waals surface area contributed by atoms with Crippen molar-refractivity contribution in [1.82, 2.24) is 4.90 Å². The first-order valence-corrected chi connectivity index (χ1v) is 11.0. The van der Waals surface area contributed by atoms with Crippen LogP contribution in [-0.4, -0.2) is 45.7 Å². The van der Waals surface area contributed by atoms with Crippen molar-refractivity contribution in [2.45, 2.75) is 47.1 Å². The molecule has 1 aromatic rings. The Balaban J connectivity index is 2.77. The van der Waals surface area contributed by atoms with E-state index in [-0.39, 0.29) is 17.1 Å². The molecule has 0 aromatic heterocycles. The minimum Gasteiger partial charge on any atom is -0.383 e. The van der Waals surface area contributed by atoms with Gasteiger partial charge in [-0.2, -0.15) is 8.42 Å². The van der Waals surface area contributed by atoms with E-state index < -0.39 is 10.1 Å². The lowest BCUT2D eigenvalue weighted by Crippen LogP contribution is -2.34. The van der Waals surface area contributed by atoms with Gasteiger partial charge in [0.1, 0.15) is 5.75 Å². The van der Waals surface area contributed by atoms with Crippen molar-refractivity contribution in [3.63, 3.8) is 0 Å². The van der Waals surface area contributed by atoms with Crippen LogP contribution in [0.2, 0.25) is 0 Å². The molecule has 0 heterocycles. The standard InChI is InChI=1S/C20H33NO5S/c1-16(14-20(2,3)4)13-19(22)21(11-12-25-5)15-17-7-9-18(10-8-17)26-27(6,23)24/h7-10,16H,11-15H2,1-6H3. The molecule has 7 heteroatoms. The van der Waals surface area contributed by atoms with Gasteiger partial charge >= 0.3 is 10.1 Å². The summed E-state index contributed by atoms with van der Waals surface area (Å²) < 4.78 is 32.4. The second kappa shape index (κ2) is 10.1. The van der Waals surface area contributed by atoms with E-state index in [4.69, 9.17) is 8.92 Å². The van der Waals surface area contributed by atoms with Crippen molar-refractivity contribution in [1.29, 1.82) is 0 Å². The third-order valence-electron chi connectivity index (χ3n) is 3.95. The fourth-order valence-electron chi connectivity index (χ4n) is 3.08. The summed E-state index contributed by atoms with van der Waals surface area (Å²) in [6, 6.07) is 6.73. The number of hydrogen-bond acceptors (Lipinski definition) is 5. The summed E-state index contributed by atoms with van der Waals surface area (Å²) in [6.45, 7) is 10.1. The Hall–Kier alpha value is -1.60. The van der Waals surface area contributed by atoms with Crippen molar-refractivity contribution in [2.24, 2.45) is 11.3 Å². The van der Waals surface area contributed by atoms with Crippen LogP contribution in [0.5, 0.6) is 5.75 Å². The van der Waals surface area contributed by atoms with Crippen LogP contribution in [0.25, 0.3) is 0 Å². The van der Waals surface area contributed by atoms with Crippen molar-refractivity contribution in [3.05, 3.63) is 29.8 Å². The molecule has 1 aromatic carbocycles. The van der Waals surface area contributed by atoms with Crippen molar-refractivity contribution in [3.8, 4) is 5.75 Å². The van der Waals surface area contributed by atoms with Gasteiger partial charge in [-0.15, -0.1) is 0 Å². The van der Waals surface area contributed by atoms with Crippen molar-refractivity contribution >= 4 is 16.0 Å². The number of benzene rings is 1. The highest BCUT2D eigenvalue weighted by Gasteiger charge is 2.21. The number of nitrogens with zero attached hydrogens (tertiary/aromatic N) is 1. The number of amides is 1. The van der Waals surface area contributed by atoms with Gasteiger partial charge in [-0.1, -0.05) is 39.8 Å². The predicted octanol–water partition coefficient (Wildman–Crippen LogP) is 3.46. The monoisotopic (exact) mass is 399 g/mol. The Morgan fingerprint density at radius 2 is 1.78 bits per heavy atom. The number of carbonyl (C=O) groups excluding carboxylic acids is 1. The first-order valence-electron chi connectivity index (χ1n) is 9.15. The number of carbonyl (C=O) groups is 1. The summed E-state index contributed by atoms with van der Waals surface area (Å²) in [6.07, 6.45) is 2.48. The molecule has 0 spiro atoms. The molecule has 0 aliphatic rings. The maximum Gasteiger partial charge on any atom is 0.306 e. The minimum atomic E-state index is -3.55. The van der Waals surface area contributed by atoms with Gasteiger partial charge in [0.2, 0.25) is 5.91 Å². The first kappa shape index (κ1) is 23.4. The van der Waals surface area contributed by atoms with E-state index in [2.05, 4.69) is 27.7 Å². The van der Waals surface area contributed by atoms with Crippen LogP contribution < -0.4 is 4.18 Å². The van der Waals surface area contributed by atoms with Gasteiger partial charge in [0.15, 0.2) is 0 Å². The lowest BCUT2D eigenvalue weighted by molar-refractivity contribution is -0.133. The first-order chi connectivity index (χ1) is 12.4. The van der Waals surface area contributed by atoms with Crippen LogP contribution in [0.3, 0.4) is 0 Å². The molecule has 0 N–H and O–H groups in total. The van der Waals surface area contributed by atoms with Crippen LogP contribution in [0.15, 0.2) is 24.3 Å². The predicted molar refractivity (Wildman–Crippen MR) is 107 cm³/mol. The zero-order valence-electron chi connectivity index (χ0n) is 17.3. The largest absolute Gasteiger partial charge is 0.383 e. The second-order valence-corrected chi connectivity index (χ2v) is 9.89. The fourth-order valence-corrected chi connectivity index (χ4v) is 3.54. The van der Waals surface area contributed by atoms with Gasteiger partial charge in [-0.25, -0.2) is 0 Å². The lowest BCUT2D eigenvalue weighted by atomic mass is 9.84. The Morgan fingerprint density at radius 1 is 1.19 bits per heavy atom. The van der Waals surface area contributed by atoms with Crippen LogP contribution in [0.1, 0.15) is 46.1 Å². The normalized spacial score (nSPS) is 13.3. The Bertz CT molecular complexity index is 692. The van der Waals surface area contributed by atoms with Crippen LogP contribution >= 0.6 is 0 Å². The molecule has 0 saturated carbocycles. The summed E-state index contributed by atoms with van der Waals surface area (Å²) in [5.41, 5.74) is 1.09. The summed E-state index contributed by atoms with van der Waals surface area (Å²) in [5, 5.41) is 0. The molecule has 0 saturated heterocycles. The Kier molecular flexibility index (Phi) is 8.75. The smallest absolute Gasteiger partial charge is 0.306 e. The van der Waals surface area contributed by atoms with E-state index in [1.165, 1.54) is 0 Å². The molecule has 1 unspecified atom stereocenters. The third kappa shape index (κ3) is 10.3. The molecule has 6 nitrogen and oxygen atoms in total. The third-order valence-corrected chi connectivity index (χ3v) is 4.44. The maximum atomic E-state index is 12.8. The molecule has 154 valence electrons. The molecule has 0 fully saturated rings. The highest BCUT2D eigenvalue weighted by molar-refractivity contribution is 7.86. The number of methoxy groups -OCH3 is 1. The quantitative estimate of drug-likeness (QED) is 0.563. The molecule has 27 heavy (non-hydrogen) atoms. The van der Waals surface area contributed by atoms with Gasteiger partial charge in [0.25, 0.3) is 0 Å². The van der Waals surface area contributed by atoms with E-state index in [1.807, 2.05) is 0 Å². The summed E-state index contributed by atoms with van der Waals surface area (Å²) >= 11 is 0. The molecule has 1 atom stereocenters. The minimum absolute atomic E-state index is 0.0975. The topological polar surface area (TPSA) is 72.9 Å². The molecule has 0 radical (unpaired) electrons. The molecule has 0 aliphatic heterocycles. The van der Waals surface area contributed by atoms with Gasteiger partial charge in [0, 0.05) is 26.6 Å². The summed E-state index contributed by atoms with van der Waals surface area (Å²) in [4.78, 5) is 14.6. The fraction of sp³-hybridized carbons (Fsp3) is 0.650. The molecule has 0 bridgehead atoms. The van der Waals surface area contributed by atoms with Gasteiger partial charge < -0.3 is 13.8 Å². The summed E-state index contributed by atoms with van der Waals surface area (Å²) in [7, 11) is -1.93. The van der Waals surface area contributed by atoms with Gasteiger partial charge in [-0.05, 0) is 35.4 Å². The number of hydrogen-bond donors (Lipinski definition) is 0. The van der Waals surface area contributed by atoms with E-state index in [9.17, 15) is 13.2 Å². The van der Waals surface area contributed by atoms with Crippen LogP contribution in [0.4, 0.5) is 0 Å². The summed E-state index contributed by atoms with van der Waals surface area (Å²) in [5.74, 6) is 0.656. The number of ether oxygens (including phenoxy) is 1. The van der Waals surface area contributed by atoms with Crippen LogP contribution in [0, 0.1) is 11.3 Å². The van der Waals surface area contributed by atoms with E-state index in [1.54, 1.807) is 36.3 Å². The highest BCUT2D eigenvalue weighted by atomic mass is 32.2. The SMILES string of the molecule is COCCN(Cc1ccc(OS(C)(=O)=O)cc1)C(=O)CC(C)CC(C)(C)C. The zero-order chi connectivity index (χ0) is 20.7. The highest BCUT2D eigenvalue weighted by Crippen LogP contribution is 2.26. The number of rotatable bonds is 10. The van der Waals surface area contributed by atoms with E-state index >= 15 is 0 Å². The van der Waals surface area contributed by atoms with Crippen molar-refractivity contribution < 1.29 is 22.1 Å². The van der Waals surface area contributed by atoms with Gasteiger partial charge in [-0.3, -0.25) is 4.79 Å². The average molecular weight is 400 g/mol. The molecule has 1 amide bonds. The van der Waals surface area contributed by atoms with E-state index in [0.717, 1.165) is 18.2 Å². The zero-order valence-corrected chi connectivity index (χ0v) is 18.1. The van der Waals surface area contributed by atoms with Gasteiger partial charge in [0.05, 0.1) is 12.9 Å². The van der Waals surface area contributed by atoms with E-state index in [0.29, 0.717) is 32.0 Å². The van der Waals surface area contributed by atoms with Crippen LogP contribution in [-0.2, 0) is 26.2 Å². The Labute approximate surface area is 164 Å². The van der Waals surface area contributed by atoms with Crippen molar-refractivity contribution in [2.75, 3.05) is 26.5 Å². The molecule has 0 aliphatic carbocycles. The lowest BCUT2D eigenvalue weighted by Gasteiger charge is -2.27. The Morgan fingerprint density at radius 3 is 2.26 bits per heavy atom. The maximum absolute atomic E-state index is 12.8. The molecular formula is C20H33NO5S. The molecular weight excluding hydrogens is 366 g/mol.